The van der Waals surface area contributed by atoms with Gasteiger partial charge < -0.3 is 10.6 Å². The van der Waals surface area contributed by atoms with Crippen LogP contribution in [-0.2, 0) is 4.79 Å². The summed E-state index contributed by atoms with van der Waals surface area (Å²) < 4.78 is 25.9. The molecule has 0 bridgehead atoms. The summed E-state index contributed by atoms with van der Waals surface area (Å²) in [6.45, 7) is 3.12. The van der Waals surface area contributed by atoms with Gasteiger partial charge in [-0.1, -0.05) is 0 Å². The molecule has 23 heavy (non-hydrogen) atoms. The lowest BCUT2D eigenvalue weighted by Gasteiger charge is -2.31. The van der Waals surface area contributed by atoms with Gasteiger partial charge in [-0.15, -0.1) is 12.4 Å². The Bertz CT molecular complexity index is 508. The molecule has 1 saturated heterocycles. The van der Waals surface area contributed by atoms with E-state index in [0.717, 1.165) is 50.5 Å². The van der Waals surface area contributed by atoms with Crippen LogP contribution in [0.1, 0.15) is 19.3 Å². The van der Waals surface area contributed by atoms with E-state index in [0.29, 0.717) is 0 Å². The van der Waals surface area contributed by atoms with Gasteiger partial charge in [0.2, 0.25) is 5.91 Å². The number of halogens is 3. The Morgan fingerprint density at radius 1 is 1.26 bits per heavy atom. The predicted molar refractivity (Wildman–Crippen MR) is 89.9 cm³/mol. The first-order valence-electron chi connectivity index (χ1n) is 7.70. The van der Waals surface area contributed by atoms with Crippen molar-refractivity contribution in [3.05, 3.63) is 29.8 Å². The van der Waals surface area contributed by atoms with Crippen molar-refractivity contribution in [2.45, 2.75) is 19.3 Å². The molecule has 1 aliphatic rings. The SMILES string of the molecule is CNCCC1CCN(CC(=O)Nc2ccc(F)c(F)c2)CC1.Cl. The molecule has 2 rings (SSSR count). The molecule has 1 amide bonds. The van der Waals surface area contributed by atoms with Crippen molar-refractivity contribution < 1.29 is 13.6 Å². The van der Waals surface area contributed by atoms with E-state index in [-0.39, 0.29) is 30.5 Å². The number of amides is 1. The van der Waals surface area contributed by atoms with Crippen molar-refractivity contribution in [3.8, 4) is 0 Å². The van der Waals surface area contributed by atoms with E-state index in [2.05, 4.69) is 15.5 Å². The monoisotopic (exact) mass is 347 g/mol. The van der Waals surface area contributed by atoms with Gasteiger partial charge in [-0.25, -0.2) is 8.78 Å². The number of benzene rings is 1. The second kappa shape index (κ2) is 9.80. The van der Waals surface area contributed by atoms with Crippen LogP contribution in [0.25, 0.3) is 0 Å². The fourth-order valence-electron chi connectivity index (χ4n) is 2.76. The van der Waals surface area contributed by atoms with Crippen LogP contribution in [0.4, 0.5) is 14.5 Å². The molecule has 0 radical (unpaired) electrons. The summed E-state index contributed by atoms with van der Waals surface area (Å²) in [5.41, 5.74) is 0.285. The summed E-state index contributed by atoms with van der Waals surface area (Å²) in [6.07, 6.45) is 3.37. The summed E-state index contributed by atoms with van der Waals surface area (Å²) in [5.74, 6) is -1.34. The Labute approximate surface area is 142 Å². The zero-order valence-electron chi connectivity index (χ0n) is 13.3. The Morgan fingerprint density at radius 3 is 2.57 bits per heavy atom. The molecule has 0 aliphatic carbocycles. The fraction of sp³-hybridized carbons (Fsp3) is 0.562. The molecule has 1 fully saturated rings. The van der Waals surface area contributed by atoms with E-state index >= 15 is 0 Å². The standard InChI is InChI=1S/C16H23F2N3O.ClH/c1-19-7-4-12-5-8-21(9-6-12)11-16(22)20-13-2-3-14(17)15(18)10-13;/h2-3,10,12,19H,4-9,11H2,1H3,(H,20,22);1H. The van der Waals surface area contributed by atoms with Crippen molar-refractivity contribution in [3.63, 3.8) is 0 Å². The van der Waals surface area contributed by atoms with Gasteiger partial charge in [0.1, 0.15) is 0 Å². The van der Waals surface area contributed by atoms with Gasteiger partial charge >= 0.3 is 0 Å². The molecule has 4 nitrogen and oxygen atoms in total. The topological polar surface area (TPSA) is 44.4 Å². The molecule has 0 atom stereocenters. The van der Waals surface area contributed by atoms with Crippen LogP contribution in [0.2, 0.25) is 0 Å². The summed E-state index contributed by atoms with van der Waals surface area (Å²) in [4.78, 5) is 14.1. The Morgan fingerprint density at radius 2 is 1.96 bits per heavy atom. The van der Waals surface area contributed by atoms with Gasteiger partial charge in [0.05, 0.1) is 6.54 Å². The molecule has 0 spiro atoms. The van der Waals surface area contributed by atoms with Gasteiger partial charge in [-0.3, -0.25) is 9.69 Å². The lowest BCUT2D eigenvalue weighted by molar-refractivity contribution is -0.117. The smallest absolute Gasteiger partial charge is 0.238 e. The van der Waals surface area contributed by atoms with Crippen molar-refractivity contribution in [2.75, 3.05) is 38.5 Å². The lowest BCUT2D eigenvalue weighted by Crippen LogP contribution is -2.39. The van der Waals surface area contributed by atoms with E-state index in [1.807, 2.05) is 7.05 Å². The minimum absolute atomic E-state index is 0. The van der Waals surface area contributed by atoms with Gasteiger partial charge in [0.15, 0.2) is 11.6 Å². The molecule has 7 heteroatoms. The zero-order chi connectivity index (χ0) is 15.9. The summed E-state index contributed by atoms with van der Waals surface area (Å²) in [5, 5.41) is 5.76. The Hall–Kier alpha value is -1.24. The second-order valence-corrected chi connectivity index (χ2v) is 5.79. The van der Waals surface area contributed by atoms with Crippen LogP contribution >= 0.6 is 12.4 Å². The highest BCUT2D eigenvalue weighted by molar-refractivity contribution is 5.92. The Kier molecular flexibility index (Phi) is 8.44. The van der Waals surface area contributed by atoms with E-state index in [9.17, 15) is 13.6 Å². The molecule has 1 aliphatic heterocycles. The van der Waals surface area contributed by atoms with Crippen LogP contribution in [-0.4, -0.2) is 44.0 Å². The molecule has 130 valence electrons. The number of carbonyl (C=O) groups excluding carboxylic acids is 1. The van der Waals surface area contributed by atoms with E-state index in [1.165, 1.54) is 12.5 Å². The molecule has 1 aromatic rings. The van der Waals surface area contributed by atoms with Crippen molar-refractivity contribution in [2.24, 2.45) is 5.92 Å². The normalized spacial score (nSPS) is 16.0. The van der Waals surface area contributed by atoms with Gasteiger partial charge in [-0.2, -0.15) is 0 Å². The maximum absolute atomic E-state index is 13.1. The summed E-state index contributed by atoms with van der Waals surface area (Å²) >= 11 is 0. The lowest BCUT2D eigenvalue weighted by atomic mass is 9.93. The first-order valence-corrected chi connectivity index (χ1v) is 7.70. The maximum Gasteiger partial charge on any atom is 0.238 e. The summed E-state index contributed by atoms with van der Waals surface area (Å²) in [6, 6.07) is 3.37. The zero-order valence-corrected chi connectivity index (χ0v) is 14.1. The minimum atomic E-state index is -0.955. The molecular formula is C16H24ClF2N3O. The second-order valence-electron chi connectivity index (χ2n) is 5.79. The number of nitrogens with one attached hydrogen (secondary N) is 2. The fourth-order valence-corrected chi connectivity index (χ4v) is 2.76. The van der Waals surface area contributed by atoms with Gasteiger partial charge in [0, 0.05) is 11.8 Å². The highest BCUT2D eigenvalue weighted by Gasteiger charge is 2.20. The number of carbonyl (C=O) groups is 1. The third kappa shape index (κ3) is 6.41. The molecular weight excluding hydrogens is 324 g/mol. The number of hydrogen-bond donors (Lipinski definition) is 2. The number of nitrogens with zero attached hydrogens (tertiary/aromatic N) is 1. The molecule has 0 aromatic heterocycles. The highest BCUT2D eigenvalue weighted by Crippen LogP contribution is 2.20. The molecule has 0 saturated carbocycles. The van der Waals surface area contributed by atoms with E-state index < -0.39 is 11.6 Å². The number of hydrogen-bond acceptors (Lipinski definition) is 3. The third-order valence-corrected chi connectivity index (χ3v) is 4.08. The number of anilines is 1. The summed E-state index contributed by atoms with van der Waals surface area (Å²) in [7, 11) is 1.96. The molecule has 0 unspecified atom stereocenters. The van der Waals surface area contributed by atoms with Crippen LogP contribution < -0.4 is 10.6 Å². The number of piperidine rings is 1. The van der Waals surface area contributed by atoms with Gasteiger partial charge in [0.25, 0.3) is 0 Å². The predicted octanol–water partition coefficient (Wildman–Crippen LogP) is 2.65. The van der Waals surface area contributed by atoms with Gasteiger partial charge in [-0.05, 0) is 64.0 Å². The van der Waals surface area contributed by atoms with Crippen molar-refractivity contribution in [1.82, 2.24) is 10.2 Å². The average molecular weight is 348 g/mol. The third-order valence-electron chi connectivity index (χ3n) is 4.08. The first-order chi connectivity index (χ1) is 10.6. The Balaban J connectivity index is 0.00000264. The molecule has 1 heterocycles. The maximum atomic E-state index is 13.1. The van der Waals surface area contributed by atoms with Crippen LogP contribution in [0.5, 0.6) is 0 Å². The van der Waals surface area contributed by atoms with Crippen molar-refractivity contribution in [1.29, 1.82) is 0 Å². The van der Waals surface area contributed by atoms with E-state index in [1.54, 1.807) is 0 Å². The largest absolute Gasteiger partial charge is 0.325 e. The number of likely N-dealkylation sites (tertiary alicyclic amines) is 1. The number of rotatable bonds is 6. The quantitative estimate of drug-likeness (QED) is 0.831. The molecule has 1 aromatic carbocycles. The van der Waals surface area contributed by atoms with Crippen LogP contribution in [0.3, 0.4) is 0 Å². The first kappa shape index (κ1) is 19.8. The van der Waals surface area contributed by atoms with Crippen molar-refractivity contribution >= 4 is 24.0 Å². The molecule has 2 N–H and O–H groups in total. The van der Waals surface area contributed by atoms with Crippen LogP contribution in [0, 0.1) is 17.6 Å². The van der Waals surface area contributed by atoms with E-state index in [4.69, 9.17) is 0 Å². The average Bonchev–Trinajstić information content (AvgIpc) is 2.50. The highest BCUT2D eigenvalue weighted by atomic mass is 35.5. The van der Waals surface area contributed by atoms with Crippen LogP contribution in [0.15, 0.2) is 18.2 Å². The minimum Gasteiger partial charge on any atom is -0.325 e.